The summed E-state index contributed by atoms with van der Waals surface area (Å²) in [5.41, 5.74) is 2.93. The Balaban J connectivity index is 2.04. The Bertz CT molecular complexity index is 710. The van der Waals surface area contributed by atoms with Gasteiger partial charge in [0.2, 0.25) is 5.91 Å². The number of nitrogens with zero attached hydrogens (tertiary/aromatic N) is 1. The molecule has 0 saturated carbocycles. The zero-order chi connectivity index (χ0) is 15.0. The largest absolute Gasteiger partial charge is 0.345 e. The van der Waals surface area contributed by atoms with E-state index in [1.165, 1.54) is 12.1 Å². The van der Waals surface area contributed by atoms with Gasteiger partial charge in [0, 0.05) is 12.1 Å². The Hall–Kier alpha value is -2.69. The molecule has 1 aliphatic rings. The van der Waals surface area contributed by atoms with Gasteiger partial charge in [0.05, 0.1) is 16.9 Å². The van der Waals surface area contributed by atoms with E-state index in [1.807, 2.05) is 31.2 Å². The fourth-order valence-electron chi connectivity index (χ4n) is 2.71. The van der Waals surface area contributed by atoms with Crippen LogP contribution in [0.25, 0.3) is 0 Å². The second kappa shape index (κ2) is 5.01. The number of nitro benzene ring substituents is 1. The van der Waals surface area contributed by atoms with Gasteiger partial charge in [0.25, 0.3) is 5.69 Å². The van der Waals surface area contributed by atoms with Gasteiger partial charge in [-0.25, -0.2) is 0 Å². The molecule has 0 aromatic heterocycles. The third-order valence-electron chi connectivity index (χ3n) is 3.89. The van der Waals surface area contributed by atoms with Crippen molar-refractivity contribution >= 4 is 11.6 Å². The molecule has 1 heterocycles. The van der Waals surface area contributed by atoms with E-state index < -0.39 is 4.92 Å². The quantitative estimate of drug-likeness (QED) is 0.680. The van der Waals surface area contributed by atoms with Crippen molar-refractivity contribution in [2.24, 2.45) is 0 Å². The van der Waals surface area contributed by atoms with Crippen LogP contribution in [0.3, 0.4) is 0 Å². The molecule has 2 aromatic rings. The number of fused-ring (bicyclic) bond motifs is 1. The van der Waals surface area contributed by atoms with Crippen molar-refractivity contribution in [3.05, 3.63) is 75.3 Å². The van der Waals surface area contributed by atoms with Crippen LogP contribution in [0.4, 0.5) is 5.69 Å². The number of nitrogens with one attached hydrogen (secondary N) is 1. The van der Waals surface area contributed by atoms with E-state index in [0.717, 1.165) is 16.7 Å². The van der Waals surface area contributed by atoms with Gasteiger partial charge in [-0.05, 0) is 35.7 Å². The van der Waals surface area contributed by atoms with Crippen LogP contribution in [0.15, 0.2) is 48.5 Å². The van der Waals surface area contributed by atoms with Crippen molar-refractivity contribution in [1.29, 1.82) is 0 Å². The van der Waals surface area contributed by atoms with Gasteiger partial charge in [-0.3, -0.25) is 14.9 Å². The van der Waals surface area contributed by atoms with Gasteiger partial charge >= 0.3 is 0 Å². The van der Waals surface area contributed by atoms with Gasteiger partial charge in [-0.15, -0.1) is 0 Å². The first-order valence-corrected chi connectivity index (χ1v) is 6.71. The number of carbonyl (C=O) groups is 1. The zero-order valence-electron chi connectivity index (χ0n) is 11.4. The molecule has 21 heavy (non-hydrogen) atoms. The summed E-state index contributed by atoms with van der Waals surface area (Å²) in [6, 6.07) is 13.8. The smallest absolute Gasteiger partial charge is 0.269 e. The van der Waals surface area contributed by atoms with Crippen LogP contribution in [-0.2, 0) is 4.79 Å². The maximum absolute atomic E-state index is 12.1. The Morgan fingerprint density at radius 1 is 1.05 bits per heavy atom. The first-order chi connectivity index (χ1) is 10.1. The molecule has 0 radical (unpaired) electrons. The van der Waals surface area contributed by atoms with Gasteiger partial charge in [-0.1, -0.05) is 24.3 Å². The summed E-state index contributed by atoms with van der Waals surface area (Å²) in [4.78, 5) is 22.4. The average Bonchev–Trinajstić information content (AvgIpc) is 2.51. The number of benzene rings is 2. The lowest BCUT2D eigenvalue weighted by molar-refractivity contribution is -0.384. The molecule has 0 spiro atoms. The van der Waals surface area contributed by atoms with Crippen molar-refractivity contribution in [3.63, 3.8) is 0 Å². The number of rotatable bonds is 2. The summed E-state index contributed by atoms with van der Waals surface area (Å²) in [5, 5.41) is 13.7. The fourth-order valence-corrected chi connectivity index (χ4v) is 2.71. The molecular weight excluding hydrogens is 268 g/mol. The number of hydrogen-bond donors (Lipinski definition) is 1. The lowest BCUT2D eigenvalue weighted by atomic mass is 9.84. The van der Waals surface area contributed by atoms with E-state index >= 15 is 0 Å². The Labute approximate surface area is 121 Å². The van der Waals surface area contributed by atoms with E-state index in [0.29, 0.717) is 0 Å². The highest BCUT2D eigenvalue weighted by molar-refractivity contribution is 5.86. The fraction of sp³-hybridized carbons (Fsp3) is 0.188. The highest BCUT2D eigenvalue weighted by Crippen LogP contribution is 2.34. The number of non-ortho nitro benzene ring substituents is 1. The van der Waals surface area contributed by atoms with E-state index in [9.17, 15) is 14.9 Å². The Morgan fingerprint density at radius 2 is 1.67 bits per heavy atom. The van der Waals surface area contributed by atoms with Gasteiger partial charge in [-0.2, -0.15) is 0 Å². The van der Waals surface area contributed by atoms with E-state index in [-0.39, 0.29) is 23.6 Å². The van der Waals surface area contributed by atoms with Gasteiger partial charge in [0.1, 0.15) is 0 Å². The van der Waals surface area contributed by atoms with Crippen LogP contribution in [0.1, 0.15) is 35.6 Å². The van der Waals surface area contributed by atoms with Crippen LogP contribution in [0.2, 0.25) is 0 Å². The molecule has 0 aliphatic carbocycles. The summed E-state index contributed by atoms with van der Waals surface area (Å²) in [7, 11) is 0. The average molecular weight is 282 g/mol. The van der Waals surface area contributed by atoms with Crippen LogP contribution >= 0.6 is 0 Å². The van der Waals surface area contributed by atoms with Crippen molar-refractivity contribution in [1.82, 2.24) is 5.32 Å². The molecule has 1 N–H and O–H groups in total. The predicted molar refractivity (Wildman–Crippen MR) is 77.9 cm³/mol. The molecule has 5 heteroatoms. The lowest BCUT2D eigenvalue weighted by Crippen LogP contribution is -2.38. The molecule has 1 aliphatic heterocycles. The third-order valence-corrected chi connectivity index (χ3v) is 3.89. The van der Waals surface area contributed by atoms with Crippen LogP contribution in [0, 0.1) is 10.1 Å². The van der Waals surface area contributed by atoms with E-state index in [4.69, 9.17) is 0 Å². The summed E-state index contributed by atoms with van der Waals surface area (Å²) < 4.78 is 0. The molecule has 0 bridgehead atoms. The minimum Gasteiger partial charge on any atom is -0.345 e. The Kier molecular flexibility index (Phi) is 3.17. The summed E-state index contributed by atoms with van der Waals surface area (Å²) in [5.74, 6) is -0.215. The van der Waals surface area contributed by atoms with Crippen LogP contribution < -0.4 is 5.32 Å². The SMILES string of the molecule is C[C@H]1C(=O)N[C@H](c2ccc([N+](=O)[O-])cc2)c2ccccc21. The normalized spacial score (nSPS) is 20.5. The van der Waals surface area contributed by atoms with E-state index in [1.54, 1.807) is 12.1 Å². The third kappa shape index (κ3) is 2.27. The minimum atomic E-state index is -0.431. The lowest BCUT2D eigenvalue weighted by Gasteiger charge is -2.30. The first-order valence-electron chi connectivity index (χ1n) is 6.71. The molecule has 0 fully saturated rings. The molecule has 5 nitrogen and oxygen atoms in total. The van der Waals surface area contributed by atoms with E-state index in [2.05, 4.69) is 5.32 Å². The second-order valence-corrected chi connectivity index (χ2v) is 5.14. The number of hydrogen-bond acceptors (Lipinski definition) is 3. The number of nitro groups is 1. The topological polar surface area (TPSA) is 72.2 Å². The van der Waals surface area contributed by atoms with Crippen molar-refractivity contribution in [2.75, 3.05) is 0 Å². The zero-order valence-corrected chi connectivity index (χ0v) is 11.4. The molecule has 1 amide bonds. The maximum Gasteiger partial charge on any atom is 0.269 e. The van der Waals surface area contributed by atoms with Crippen molar-refractivity contribution < 1.29 is 9.72 Å². The predicted octanol–water partition coefficient (Wildman–Crippen LogP) is 2.92. The molecule has 0 saturated heterocycles. The van der Waals surface area contributed by atoms with Crippen molar-refractivity contribution in [2.45, 2.75) is 18.9 Å². The summed E-state index contributed by atoms with van der Waals surface area (Å²) in [6.07, 6.45) is 0. The second-order valence-electron chi connectivity index (χ2n) is 5.14. The summed E-state index contributed by atoms with van der Waals surface area (Å²) in [6.45, 7) is 1.88. The first kappa shape index (κ1) is 13.3. The van der Waals surface area contributed by atoms with Crippen LogP contribution in [-0.4, -0.2) is 10.8 Å². The Morgan fingerprint density at radius 3 is 2.29 bits per heavy atom. The molecule has 106 valence electrons. The minimum absolute atomic E-state index is 0.0305. The van der Waals surface area contributed by atoms with Gasteiger partial charge < -0.3 is 5.32 Å². The molecule has 3 rings (SSSR count). The number of carbonyl (C=O) groups excluding carboxylic acids is 1. The van der Waals surface area contributed by atoms with Crippen molar-refractivity contribution in [3.8, 4) is 0 Å². The maximum atomic E-state index is 12.1. The molecule has 0 unspecified atom stereocenters. The highest BCUT2D eigenvalue weighted by atomic mass is 16.6. The number of amides is 1. The standard InChI is InChI=1S/C16H14N2O3/c1-10-13-4-2-3-5-14(13)15(17-16(10)19)11-6-8-12(9-7-11)18(20)21/h2-10,15H,1H3,(H,17,19)/t10-,15-/m1/s1. The summed E-state index contributed by atoms with van der Waals surface area (Å²) >= 11 is 0. The monoisotopic (exact) mass is 282 g/mol. The molecule has 2 aromatic carbocycles. The molecular formula is C16H14N2O3. The van der Waals surface area contributed by atoms with Crippen LogP contribution in [0.5, 0.6) is 0 Å². The van der Waals surface area contributed by atoms with Gasteiger partial charge in [0.15, 0.2) is 0 Å². The molecule has 2 atom stereocenters. The highest BCUT2D eigenvalue weighted by Gasteiger charge is 2.30.